The van der Waals surface area contributed by atoms with Gasteiger partial charge in [-0.3, -0.25) is 0 Å². The Morgan fingerprint density at radius 2 is 1.56 bits per heavy atom. The van der Waals surface area contributed by atoms with Crippen molar-refractivity contribution in [1.82, 2.24) is 0 Å². The molecule has 0 saturated heterocycles. The molecule has 18 heavy (non-hydrogen) atoms. The molecule has 0 spiro atoms. The van der Waals surface area contributed by atoms with Crippen molar-refractivity contribution in [1.29, 1.82) is 0 Å². The van der Waals surface area contributed by atoms with E-state index < -0.39 is 0 Å². The highest BCUT2D eigenvalue weighted by atomic mass is 16.3. The standard InChI is InChI=1S/C16H11BO/c17-14-7-3-6-12-13-8-10-4-1-2-5-11(10)9-15(13)18-16(12)14/h1-9H,17H2. The van der Waals surface area contributed by atoms with Gasteiger partial charge in [0.05, 0.1) is 0 Å². The van der Waals surface area contributed by atoms with Crippen LogP contribution in [0.4, 0.5) is 0 Å². The Morgan fingerprint density at radius 3 is 2.39 bits per heavy atom. The number of fused-ring (bicyclic) bond motifs is 4. The van der Waals surface area contributed by atoms with Gasteiger partial charge in [0.25, 0.3) is 0 Å². The maximum absolute atomic E-state index is 5.99. The highest BCUT2D eigenvalue weighted by Gasteiger charge is 2.09. The molecular formula is C16H11BO. The number of hydrogen-bond donors (Lipinski definition) is 0. The van der Waals surface area contributed by atoms with Crippen LogP contribution in [0.5, 0.6) is 0 Å². The molecule has 0 N–H and O–H groups in total. The summed E-state index contributed by atoms with van der Waals surface area (Å²) >= 11 is 0. The Balaban J connectivity index is 2.27. The molecule has 0 aliphatic rings. The van der Waals surface area contributed by atoms with Crippen LogP contribution in [0.2, 0.25) is 0 Å². The van der Waals surface area contributed by atoms with E-state index in [0.29, 0.717) is 0 Å². The molecule has 0 atom stereocenters. The molecule has 3 aromatic carbocycles. The summed E-state index contributed by atoms with van der Waals surface area (Å²) in [7, 11) is 2.09. The molecule has 1 aromatic heterocycles. The lowest BCUT2D eigenvalue weighted by Crippen LogP contribution is -2.00. The Hall–Kier alpha value is -2.22. The average molecular weight is 230 g/mol. The van der Waals surface area contributed by atoms with Crippen LogP contribution in [0.25, 0.3) is 32.7 Å². The second-order valence-corrected chi connectivity index (χ2v) is 4.75. The molecule has 0 radical (unpaired) electrons. The van der Waals surface area contributed by atoms with Crippen LogP contribution in [0, 0.1) is 0 Å². The van der Waals surface area contributed by atoms with Gasteiger partial charge in [0.15, 0.2) is 0 Å². The van der Waals surface area contributed by atoms with Gasteiger partial charge in [0.1, 0.15) is 19.0 Å². The first-order chi connectivity index (χ1) is 8.83. The van der Waals surface area contributed by atoms with Crippen LogP contribution in [-0.4, -0.2) is 7.85 Å². The summed E-state index contributed by atoms with van der Waals surface area (Å²) in [4.78, 5) is 0. The molecule has 4 rings (SSSR count). The van der Waals surface area contributed by atoms with E-state index in [1.807, 2.05) is 0 Å². The van der Waals surface area contributed by atoms with Crippen molar-refractivity contribution in [2.75, 3.05) is 0 Å². The zero-order chi connectivity index (χ0) is 12.1. The van der Waals surface area contributed by atoms with E-state index in [0.717, 1.165) is 11.2 Å². The third-order valence-corrected chi connectivity index (χ3v) is 3.56. The zero-order valence-electron chi connectivity index (χ0n) is 10.1. The van der Waals surface area contributed by atoms with Crippen LogP contribution < -0.4 is 5.46 Å². The second-order valence-electron chi connectivity index (χ2n) is 4.75. The third-order valence-electron chi connectivity index (χ3n) is 3.56. The number of hydrogen-bond acceptors (Lipinski definition) is 1. The van der Waals surface area contributed by atoms with Crippen molar-refractivity contribution in [3.8, 4) is 0 Å². The molecule has 0 bridgehead atoms. The van der Waals surface area contributed by atoms with Gasteiger partial charge in [0.2, 0.25) is 0 Å². The largest absolute Gasteiger partial charge is 0.457 e. The van der Waals surface area contributed by atoms with E-state index in [1.165, 1.54) is 27.0 Å². The third kappa shape index (κ3) is 1.23. The monoisotopic (exact) mass is 230 g/mol. The van der Waals surface area contributed by atoms with Crippen molar-refractivity contribution < 1.29 is 4.42 Å². The average Bonchev–Trinajstić information content (AvgIpc) is 2.76. The summed E-state index contributed by atoms with van der Waals surface area (Å²) in [5.74, 6) is 0. The topological polar surface area (TPSA) is 13.1 Å². The molecule has 1 nitrogen and oxygen atoms in total. The van der Waals surface area contributed by atoms with Gasteiger partial charge in [-0.2, -0.15) is 0 Å². The van der Waals surface area contributed by atoms with Crippen LogP contribution in [0.15, 0.2) is 59.0 Å². The van der Waals surface area contributed by atoms with Gasteiger partial charge in [-0.25, -0.2) is 0 Å². The second kappa shape index (κ2) is 3.39. The van der Waals surface area contributed by atoms with Crippen molar-refractivity contribution in [2.24, 2.45) is 0 Å². The Morgan fingerprint density at radius 1 is 0.778 bits per heavy atom. The van der Waals surface area contributed by atoms with Gasteiger partial charge >= 0.3 is 0 Å². The van der Waals surface area contributed by atoms with Crippen molar-refractivity contribution >= 4 is 46.0 Å². The summed E-state index contributed by atoms with van der Waals surface area (Å²) in [6.45, 7) is 0. The summed E-state index contributed by atoms with van der Waals surface area (Å²) in [6.07, 6.45) is 0. The molecule has 0 aliphatic carbocycles. The van der Waals surface area contributed by atoms with Gasteiger partial charge in [-0.05, 0) is 28.4 Å². The molecular weight excluding hydrogens is 219 g/mol. The first kappa shape index (κ1) is 9.78. The Kier molecular flexibility index (Phi) is 1.84. The first-order valence-electron chi connectivity index (χ1n) is 6.13. The molecule has 2 heteroatoms. The maximum Gasteiger partial charge on any atom is 0.144 e. The molecule has 1 heterocycles. The molecule has 0 fully saturated rings. The Bertz CT molecular complexity index is 889. The lowest BCUT2D eigenvalue weighted by Gasteiger charge is -1.96. The van der Waals surface area contributed by atoms with Crippen LogP contribution in [0.1, 0.15) is 0 Å². The quantitative estimate of drug-likeness (QED) is 0.423. The predicted molar refractivity (Wildman–Crippen MR) is 79.4 cm³/mol. The van der Waals surface area contributed by atoms with E-state index in [1.54, 1.807) is 0 Å². The fourth-order valence-electron chi connectivity index (χ4n) is 2.62. The SMILES string of the molecule is Bc1cccc2c1oc1cc3ccccc3cc12. The molecule has 4 aromatic rings. The predicted octanol–water partition coefficient (Wildman–Crippen LogP) is 3.00. The van der Waals surface area contributed by atoms with E-state index >= 15 is 0 Å². The van der Waals surface area contributed by atoms with Crippen LogP contribution >= 0.6 is 0 Å². The Labute approximate surface area is 105 Å². The highest BCUT2D eigenvalue weighted by Crippen LogP contribution is 2.30. The maximum atomic E-state index is 5.99. The molecule has 0 saturated carbocycles. The normalized spacial score (nSPS) is 11.6. The van der Waals surface area contributed by atoms with Gasteiger partial charge in [0, 0.05) is 10.8 Å². The fraction of sp³-hybridized carbons (Fsp3) is 0. The van der Waals surface area contributed by atoms with Gasteiger partial charge in [-0.1, -0.05) is 42.5 Å². The summed E-state index contributed by atoms with van der Waals surface area (Å²) in [6, 6.07) is 19.0. The minimum absolute atomic E-state index is 0.970. The molecule has 0 unspecified atom stereocenters. The van der Waals surface area contributed by atoms with Gasteiger partial charge in [-0.15, -0.1) is 0 Å². The molecule has 0 aliphatic heterocycles. The number of furan rings is 1. The van der Waals surface area contributed by atoms with Gasteiger partial charge < -0.3 is 4.42 Å². The minimum Gasteiger partial charge on any atom is -0.457 e. The first-order valence-corrected chi connectivity index (χ1v) is 6.13. The lowest BCUT2D eigenvalue weighted by atomic mass is 9.94. The summed E-state index contributed by atoms with van der Waals surface area (Å²) in [5, 5.41) is 4.89. The van der Waals surface area contributed by atoms with Crippen molar-refractivity contribution in [2.45, 2.75) is 0 Å². The zero-order valence-corrected chi connectivity index (χ0v) is 10.1. The van der Waals surface area contributed by atoms with Crippen LogP contribution in [-0.2, 0) is 0 Å². The van der Waals surface area contributed by atoms with E-state index in [4.69, 9.17) is 4.42 Å². The van der Waals surface area contributed by atoms with E-state index in [-0.39, 0.29) is 0 Å². The van der Waals surface area contributed by atoms with Crippen LogP contribution in [0.3, 0.4) is 0 Å². The number of para-hydroxylation sites is 1. The number of rotatable bonds is 0. The highest BCUT2D eigenvalue weighted by molar-refractivity contribution is 6.39. The van der Waals surface area contributed by atoms with Crippen molar-refractivity contribution in [3.05, 3.63) is 54.6 Å². The summed E-state index contributed by atoms with van der Waals surface area (Å²) in [5.41, 5.74) is 3.16. The minimum atomic E-state index is 0.970. The smallest absolute Gasteiger partial charge is 0.144 e. The van der Waals surface area contributed by atoms with E-state index in [2.05, 4.69) is 62.4 Å². The number of benzene rings is 3. The van der Waals surface area contributed by atoms with Crippen molar-refractivity contribution in [3.63, 3.8) is 0 Å². The molecule has 84 valence electrons. The summed E-state index contributed by atoms with van der Waals surface area (Å²) < 4.78 is 5.99. The van der Waals surface area contributed by atoms with E-state index in [9.17, 15) is 0 Å². The lowest BCUT2D eigenvalue weighted by molar-refractivity contribution is 0.672. The molecule has 0 amide bonds. The fourth-order valence-corrected chi connectivity index (χ4v) is 2.62.